The molecule has 0 aliphatic rings. The zero-order valence-corrected chi connectivity index (χ0v) is 17.8. The number of aromatic nitrogens is 5. The number of nitrogens with one attached hydrogen (secondary N) is 1. The second-order valence-corrected chi connectivity index (χ2v) is 6.58. The largest absolute Gasteiger partial charge is 0.493 e. The molecule has 0 atom stereocenters. The van der Waals surface area contributed by atoms with Crippen molar-refractivity contribution in [3.05, 3.63) is 59.8 Å². The molecule has 0 aliphatic carbocycles. The van der Waals surface area contributed by atoms with Gasteiger partial charge in [-0.1, -0.05) is 35.5 Å². The second-order valence-electron chi connectivity index (χ2n) is 6.58. The number of nitrogens with zero attached hydrogens (tertiary/aromatic N) is 6. The molecule has 0 aliphatic heterocycles. The molecule has 0 fully saturated rings. The Morgan fingerprint density at radius 2 is 2.03 bits per heavy atom. The van der Waals surface area contributed by atoms with E-state index in [1.165, 1.54) is 10.9 Å². The fraction of sp³-hybridized carbons (Fsp3) is 0.143. The van der Waals surface area contributed by atoms with Gasteiger partial charge in [-0.3, -0.25) is 4.79 Å². The van der Waals surface area contributed by atoms with Crippen molar-refractivity contribution in [3.8, 4) is 28.6 Å². The van der Waals surface area contributed by atoms with Crippen LogP contribution in [0.25, 0.3) is 17.1 Å². The molecule has 0 bridgehead atoms. The van der Waals surface area contributed by atoms with Crippen molar-refractivity contribution in [2.24, 2.45) is 5.10 Å². The van der Waals surface area contributed by atoms with E-state index in [2.05, 4.69) is 35.8 Å². The number of hydrogen-bond acceptors (Lipinski definition) is 10. The van der Waals surface area contributed by atoms with Crippen molar-refractivity contribution < 1.29 is 18.9 Å². The van der Waals surface area contributed by atoms with Crippen LogP contribution in [0.4, 0.5) is 5.82 Å². The van der Waals surface area contributed by atoms with Gasteiger partial charge in [-0.25, -0.2) is 10.1 Å². The molecule has 0 saturated heterocycles. The molecular formula is C21H20N8O4. The first-order chi connectivity index (χ1) is 16.1. The van der Waals surface area contributed by atoms with Crippen LogP contribution in [0.15, 0.2) is 58.3 Å². The number of methoxy groups -OCH3 is 1. The Balaban J connectivity index is 1.61. The average Bonchev–Trinajstić information content (AvgIpc) is 3.46. The van der Waals surface area contributed by atoms with Gasteiger partial charge in [0.05, 0.1) is 19.9 Å². The molecule has 4 aromatic rings. The number of carbonyl (C=O) groups is 1. The van der Waals surface area contributed by atoms with Gasteiger partial charge >= 0.3 is 0 Å². The lowest BCUT2D eigenvalue weighted by atomic mass is 10.1. The van der Waals surface area contributed by atoms with Crippen LogP contribution in [0.5, 0.6) is 11.5 Å². The highest BCUT2D eigenvalue weighted by Gasteiger charge is 2.25. The van der Waals surface area contributed by atoms with Gasteiger partial charge in [0.2, 0.25) is 11.6 Å². The van der Waals surface area contributed by atoms with Crippen molar-refractivity contribution >= 4 is 17.9 Å². The molecule has 12 heteroatoms. The summed E-state index contributed by atoms with van der Waals surface area (Å²) in [4.78, 5) is 12.9. The Kier molecular flexibility index (Phi) is 6.25. The first-order valence-corrected chi connectivity index (χ1v) is 9.86. The van der Waals surface area contributed by atoms with E-state index < -0.39 is 5.91 Å². The van der Waals surface area contributed by atoms with Crippen LogP contribution in [-0.2, 0) is 0 Å². The van der Waals surface area contributed by atoms with Gasteiger partial charge in [-0.15, -0.1) is 5.10 Å². The maximum atomic E-state index is 12.9. The molecule has 2 heterocycles. The molecular weight excluding hydrogens is 428 g/mol. The molecule has 4 rings (SSSR count). The average molecular weight is 448 g/mol. The lowest BCUT2D eigenvalue weighted by Crippen LogP contribution is -2.19. The third-order valence-corrected chi connectivity index (χ3v) is 4.50. The van der Waals surface area contributed by atoms with E-state index >= 15 is 0 Å². The van der Waals surface area contributed by atoms with Crippen LogP contribution in [0.1, 0.15) is 23.0 Å². The second kappa shape index (κ2) is 9.60. The number of amides is 1. The van der Waals surface area contributed by atoms with Crippen LogP contribution >= 0.6 is 0 Å². The van der Waals surface area contributed by atoms with Crippen molar-refractivity contribution in [3.63, 3.8) is 0 Å². The highest BCUT2D eigenvalue weighted by molar-refractivity contribution is 5.98. The monoisotopic (exact) mass is 448 g/mol. The molecule has 2 aromatic heterocycles. The van der Waals surface area contributed by atoms with E-state index in [0.29, 0.717) is 34.9 Å². The summed E-state index contributed by atoms with van der Waals surface area (Å²) in [7, 11) is 1.56. The van der Waals surface area contributed by atoms with Gasteiger partial charge in [-0.05, 0) is 41.0 Å². The Labute approximate surface area is 188 Å². The maximum absolute atomic E-state index is 12.9. The van der Waals surface area contributed by atoms with Crippen LogP contribution < -0.4 is 20.6 Å². The number of benzene rings is 2. The number of carbonyl (C=O) groups excluding carboxylic acids is 1. The van der Waals surface area contributed by atoms with Crippen LogP contribution in [0.2, 0.25) is 0 Å². The summed E-state index contributed by atoms with van der Waals surface area (Å²) in [5.74, 6) is 0.717. The summed E-state index contributed by atoms with van der Waals surface area (Å²) in [5, 5.41) is 19.4. The first kappa shape index (κ1) is 21.5. The van der Waals surface area contributed by atoms with Gasteiger partial charge < -0.3 is 15.2 Å². The smallest absolute Gasteiger partial charge is 0.294 e. The van der Waals surface area contributed by atoms with E-state index in [9.17, 15) is 4.79 Å². The Bertz CT molecular complexity index is 1280. The van der Waals surface area contributed by atoms with Crippen molar-refractivity contribution in [1.82, 2.24) is 30.7 Å². The summed E-state index contributed by atoms with van der Waals surface area (Å²) < 4.78 is 16.8. The van der Waals surface area contributed by atoms with E-state index in [1.54, 1.807) is 37.4 Å². The molecule has 168 valence electrons. The predicted octanol–water partition coefficient (Wildman–Crippen LogP) is 2.07. The molecule has 0 saturated carbocycles. The molecule has 0 radical (unpaired) electrons. The summed E-state index contributed by atoms with van der Waals surface area (Å²) in [5.41, 5.74) is 10.0. The lowest BCUT2D eigenvalue weighted by molar-refractivity contribution is 0.0950. The predicted molar refractivity (Wildman–Crippen MR) is 118 cm³/mol. The third-order valence-electron chi connectivity index (χ3n) is 4.50. The van der Waals surface area contributed by atoms with Crippen LogP contribution in [-0.4, -0.2) is 51.1 Å². The van der Waals surface area contributed by atoms with E-state index in [-0.39, 0.29) is 17.3 Å². The number of hydrazone groups is 1. The van der Waals surface area contributed by atoms with Crippen molar-refractivity contribution in [1.29, 1.82) is 0 Å². The van der Waals surface area contributed by atoms with Crippen molar-refractivity contribution in [2.45, 2.75) is 6.92 Å². The van der Waals surface area contributed by atoms with Gasteiger partial charge in [0, 0.05) is 5.56 Å². The Morgan fingerprint density at radius 1 is 1.21 bits per heavy atom. The van der Waals surface area contributed by atoms with Gasteiger partial charge in [-0.2, -0.15) is 9.78 Å². The van der Waals surface area contributed by atoms with Crippen molar-refractivity contribution in [2.75, 3.05) is 19.5 Å². The SMILES string of the molecule is CCOc1cc(/C=N\NC(=O)c2nnn(-c3nonc3N)c2-c2ccccc2)ccc1OC. The topological polar surface area (TPSA) is 156 Å². The lowest BCUT2D eigenvalue weighted by Gasteiger charge is -2.09. The highest BCUT2D eigenvalue weighted by Crippen LogP contribution is 2.28. The third kappa shape index (κ3) is 4.49. The number of rotatable bonds is 8. The maximum Gasteiger partial charge on any atom is 0.294 e. The molecule has 12 nitrogen and oxygen atoms in total. The minimum absolute atomic E-state index is 0.00617. The number of anilines is 1. The number of nitrogens with two attached hydrogens (primary N) is 1. The van der Waals surface area contributed by atoms with Crippen LogP contribution in [0.3, 0.4) is 0 Å². The molecule has 2 aromatic carbocycles. The summed E-state index contributed by atoms with van der Waals surface area (Å²) >= 11 is 0. The van der Waals surface area contributed by atoms with Gasteiger partial charge in [0.15, 0.2) is 17.2 Å². The first-order valence-electron chi connectivity index (χ1n) is 9.86. The van der Waals surface area contributed by atoms with Crippen LogP contribution in [0, 0.1) is 0 Å². The zero-order valence-electron chi connectivity index (χ0n) is 17.8. The highest BCUT2D eigenvalue weighted by atomic mass is 16.6. The summed E-state index contributed by atoms with van der Waals surface area (Å²) in [6.45, 7) is 2.36. The fourth-order valence-electron chi connectivity index (χ4n) is 3.04. The summed E-state index contributed by atoms with van der Waals surface area (Å²) in [6.07, 6.45) is 1.48. The number of nitrogen functional groups attached to an aromatic ring is 1. The normalized spacial score (nSPS) is 11.0. The fourth-order valence-corrected chi connectivity index (χ4v) is 3.04. The minimum atomic E-state index is -0.579. The Hall–Kier alpha value is -4.74. The van der Waals surface area contributed by atoms with Gasteiger partial charge in [0.25, 0.3) is 5.91 Å². The van der Waals surface area contributed by atoms with E-state index in [4.69, 9.17) is 15.2 Å². The molecule has 1 amide bonds. The van der Waals surface area contributed by atoms with E-state index in [0.717, 1.165) is 0 Å². The summed E-state index contributed by atoms with van der Waals surface area (Å²) in [6, 6.07) is 14.4. The van der Waals surface area contributed by atoms with Gasteiger partial charge in [0.1, 0.15) is 5.69 Å². The quantitative estimate of drug-likeness (QED) is 0.304. The molecule has 3 N–H and O–H groups in total. The molecule has 0 spiro atoms. The Morgan fingerprint density at radius 3 is 2.73 bits per heavy atom. The van der Waals surface area contributed by atoms with E-state index in [1.807, 2.05) is 25.1 Å². The minimum Gasteiger partial charge on any atom is -0.493 e. The number of hydrogen-bond donors (Lipinski definition) is 2. The molecule has 0 unspecified atom stereocenters. The molecule has 33 heavy (non-hydrogen) atoms. The standard InChI is InChI=1S/C21H20N8O4/c1-3-32-16-11-13(9-10-15(16)31-2)12-23-25-21(30)17-18(14-7-5-4-6-8-14)29(28-24-17)20-19(22)26-33-27-20/h4-12H,3H2,1-2H3,(H2,22,26)(H,25,30)/b23-12-. The number of ether oxygens (including phenoxy) is 2. The zero-order chi connectivity index (χ0) is 23.2.